The number of rotatable bonds is 5. The molecule has 0 saturated heterocycles. The van der Waals surface area contributed by atoms with Crippen molar-refractivity contribution in [3.8, 4) is 0 Å². The number of allylic oxidation sites excluding steroid dienone is 4. The number of hydrogen-bond donors (Lipinski definition) is 0. The molecule has 1 nitrogen and oxygen atoms in total. The maximum Gasteiger partial charge on any atom is 0.233 e. The molecule has 1 aromatic carbocycles. The Hall–Kier alpha value is -1.60. The van der Waals surface area contributed by atoms with Crippen molar-refractivity contribution in [1.29, 1.82) is 0 Å². The molecule has 0 radical (unpaired) electrons. The Morgan fingerprint density at radius 2 is 1.88 bits per heavy atom. The smallest absolute Gasteiger partial charge is 0.233 e. The number of carbonyl (C=O) groups is 1. The summed E-state index contributed by atoms with van der Waals surface area (Å²) in [7, 11) is 0. The Kier molecular flexibility index (Phi) is 4.74. The second-order valence-corrected chi connectivity index (χ2v) is 3.63. The van der Waals surface area contributed by atoms with Gasteiger partial charge < -0.3 is 0 Å². The van der Waals surface area contributed by atoms with Gasteiger partial charge in [0.1, 0.15) is 0 Å². The van der Waals surface area contributed by atoms with Crippen LogP contribution in [0.3, 0.4) is 0 Å². The van der Waals surface area contributed by atoms with E-state index in [0.29, 0.717) is 0 Å². The average Bonchev–Trinajstić information content (AvgIpc) is 2.29. The van der Waals surface area contributed by atoms with E-state index in [0.717, 1.165) is 11.1 Å². The van der Waals surface area contributed by atoms with Crippen molar-refractivity contribution in [2.75, 3.05) is 0 Å². The summed E-state index contributed by atoms with van der Waals surface area (Å²) in [4.78, 5) is 11.5. The van der Waals surface area contributed by atoms with Crippen LogP contribution in [0.25, 0.3) is 0 Å². The van der Waals surface area contributed by atoms with Gasteiger partial charge >= 0.3 is 0 Å². The highest BCUT2D eigenvalue weighted by Gasteiger charge is 2.20. The SMILES string of the molecule is C=C/C=C(\C=C)C(C(=O)Cl)c1ccccc1. The molecule has 16 heavy (non-hydrogen) atoms. The van der Waals surface area contributed by atoms with E-state index in [1.54, 1.807) is 18.2 Å². The van der Waals surface area contributed by atoms with E-state index in [-0.39, 0.29) is 0 Å². The van der Waals surface area contributed by atoms with Crippen LogP contribution >= 0.6 is 11.6 Å². The fraction of sp³-hybridized carbons (Fsp3) is 0.0714. The molecule has 1 rings (SSSR count). The van der Waals surface area contributed by atoms with Crippen molar-refractivity contribution in [3.63, 3.8) is 0 Å². The topological polar surface area (TPSA) is 17.1 Å². The van der Waals surface area contributed by atoms with Crippen LogP contribution in [0.1, 0.15) is 11.5 Å². The molecule has 0 bridgehead atoms. The van der Waals surface area contributed by atoms with E-state index < -0.39 is 11.2 Å². The Morgan fingerprint density at radius 1 is 1.25 bits per heavy atom. The second-order valence-electron chi connectivity index (χ2n) is 3.25. The molecular weight excluding hydrogens is 220 g/mol. The molecule has 0 N–H and O–H groups in total. The highest BCUT2D eigenvalue weighted by molar-refractivity contribution is 6.65. The monoisotopic (exact) mass is 232 g/mol. The normalized spacial score (nSPS) is 12.9. The van der Waals surface area contributed by atoms with Crippen LogP contribution in [0.15, 0.2) is 67.3 Å². The van der Waals surface area contributed by atoms with Crippen LogP contribution in [-0.2, 0) is 4.79 Å². The first-order valence-electron chi connectivity index (χ1n) is 4.90. The molecule has 1 atom stereocenters. The van der Waals surface area contributed by atoms with Crippen molar-refractivity contribution in [2.45, 2.75) is 5.92 Å². The third-order valence-electron chi connectivity index (χ3n) is 2.24. The van der Waals surface area contributed by atoms with Crippen LogP contribution < -0.4 is 0 Å². The zero-order valence-electron chi connectivity index (χ0n) is 8.90. The summed E-state index contributed by atoms with van der Waals surface area (Å²) in [5.41, 5.74) is 1.61. The molecule has 1 aromatic rings. The highest BCUT2D eigenvalue weighted by atomic mass is 35.5. The molecule has 0 aliphatic rings. The number of hydrogen-bond acceptors (Lipinski definition) is 1. The highest BCUT2D eigenvalue weighted by Crippen LogP contribution is 2.27. The van der Waals surface area contributed by atoms with E-state index in [9.17, 15) is 4.79 Å². The lowest BCUT2D eigenvalue weighted by molar-refractivity contribution is -0.112. The van der Waals surface area contributed by atoms with E-state index in [2.05, 4.69) is 13.2 Å². The molecule has 0 spiro atoms. The van der Waals surface area contributed by atoms with Crippen LogP contribution in [0.5, 0.6) is 0 Å². The van der Waals surface area contributed by atoms with Crippen LogP contribution in [0.2, 0.25) is 0 Å². The minimum absolute atomic E-state index is 0.417. The van der Waals surface area contributed by atoms with Crippen LogP contribution in [0, 0.1) is 0 Å². The first-order chi connectivity index (χ1) is 7.70. The van der Waals surface area contributed by atoms with Crippen molar-refractivity contribution < 1.29 is 4.79 Å². The Balaban J connectivity index is 3.19. The molecule has 0 aromatic heterocycles. The first kappa shape index (κ1) is 12.5. The summed E-state index contributed by atoms with van der Waals surface area (Å²) >= 11 is 5.63. The maximum absolute atomic E-state index is 11.5. The third-order valence-corrected chi connectivity index (χ3v) is 2.46. The molecule has 0 fully saturated rings. The molecule has 0 aliphatic heterocycles. The third kappa shape index (κ3) is 2.94. The fourth-order valence-electron chi connectivity index (χ4n) is 1.52. The summed E-state index contributed by atoms with van der Waals surface area (Å²) in [6.07, 6.45) is 4.98. The van der Waals surface area contributed by atoms with Crippen molar-refractivity contribution in [2.24, 2.45) is 0 Å². The van der Waals surface area contributed by atoms with Gasteiger partial charge in [0.05, 0.1) is 5.92 Å². The first-order valence-corrected chi connectivity index (χ1v) is 5.27. The summed E-state index contributed by atoms with van der Waals surface area (Å²) in [5.74, 6) is -0.474. The summed E-state index contributed by atoms with van der Waals surface area (Å²) in [6.45, 7) is 7.29. The van der Waals surface area contributed by atoms with E-state index in [1.165, 1.54) is 0 Å². The predicted molar refractivity (Wildman–Crippen MR) is 68.5 cm³/mol. The van der Waals surface area contributed by atoms with E-state index >= 15 is 0 Å². The van der Waals surface area contributed by atoms with Gasteiger partial charge in [-0.2, -0.15) is 0 Å². The lowest BCUT2D eigenvalue weighted by Gasteiger charge is -2.13. The molecule has 0 heterocycles. The lowest BCUT2D eigenvalue weighted by Crippen LogP contribution is -2.08. The standard InChI is InChI=1S/C14H13ClO/c1-3-8-11(4-2)13(14(15)16)12-9-6-5-7-10-12/h3-10,13H,1-2H2/b11-8+. The molecule has 2 heteroatoms. The second kappa shape index (κ2) is 6.09. The maximum atomic E-state index is 11.5. The number of halogens is 1. The Morgan fingerprint density at radius 3 is 2.31 bits per heavy atom. The van der Waals surface area contributed by atoms with Gasteiger partial charge in [0, 0.05) is 0 Å². The molecule has 0 saturated carbocycles. The lowest BCUT2D eigenvalue weighted by atomic mass is 9.92. The Labute approximate surface area is 101 Å². The summed E-state index contributed by atoms with van der Waals surface area (Å²) in [5, 5.41) is -0.417. The zero-order valence-corrected chi connectivity index (χ0v) is 9.65. The largest absolute Gasteiger partial charge is 0.280 e. The van der Waals surface area contributed by atoms with Crippen LogP contribution in [-0.4, -0.2) is 5.24 Å². The molecule has 0 aliphatic carbocycles. The van der Waals surface area contributed by atoms with Gasteiger partial charge in [-0.3, -0.25) is 4.79 Å². The number of benzene rings is 1. The summed E-state index contributed by atoms with van der Waals surface area (Å²) < 4.78 is 0. The molecule has 82 valence electrons. The zero-order chi connectivity index (χ0) is 12.0. The van der Waals surface area contributed by atoms with Crippen molar-refractivity contribution in [1.82, 2.24) is 0 Å². The number of carbonyl (C=O) groups excluding carboxylic acids is 1. The van der Waals surface area contributed by atoms with Crippen LogP contribution in [0.4, 0.5) is 0 Å². The van der Waals surface area contributed by atoms with Gasteiger partial charge in [-0.15, -0.1) is 0 Å². The summed E-state index contributed by atoms with van der Waals surface area (Å²) in [6, 6.07) is 9.37. The predicted octanol–water partition coefficient (Wildman–Crippen LogP) is 3.83. The van der Waals surface area contributed by atoms with Crippen molar-refractivity contribution >= 4 is 16.8 Å². The molecule has 1 unspecified atom stereocenters. The van der Waals surface area contributed by atoms with E-state index in [4.69, 9.17) is 11.6 Å². The molecule has 0 amide bonds. The van der Waals surface area contributed by atoms with Gasteiger partial charge in [-0.1, -0.05) is 61.7 Å². The average molecular weight is 233 g/mol. The minimum atomic E-state index is -0.474. The Bertz CT molecular complexity index is 418. The fourth-order valence-corrected chi connectivity index (χ4v) is 1.77. The van der Waals surface area contributed by atoms with Gasteiger partial charge in [0.15, 0.2) is 0 Å². The van der Waals surface area contributed by atoms with E-state index in [1.807, 2.05) is 30.3 Å². The van der Waals surface area contributed by atoms with Gasteiger partial charge in [0.2, 0.25) is 5.24 Å². The minimum Gasteiger partial charge on any atom is -0.280 e. The van der Waals surface area contributed by atoms with Gasteiger partial charge in [-0.25, -0.2) is 0 Å². The van der Waals surface area contributed by atoms with Crippen molar-refractivity contribution in [3.05, 3.63) is 72.9 Å². The van der Waals surface area contributed by atoms with Gasteiger partial charge in [0.25, 0.3) is 0 Å². The quantitative estimate of drug-likeness (QED) is 0.557. The molecular formula is C14H13ClO. The van der Waals surface area contributed by atoms with Gasteiger partial charge in [-0.05, 0) is 22.7 Å².